The van der Waals surface area contributed by atoms with Gasteiger partial charge in [0, 0.05) is 11.8 Å². The number of terminal acetylenes is 1. The van der Waals surface area contributed by atoms with Gasteiger partial charge in [0.25, 0.3) is 5.69 Å². The molecular weight excluding hydrogens is 270 g/mol. The van der Waals surface area contributed by atoms with E-state index < -0.39 is 4.92 Å². The van der Waals surface area contributed by atoms with Crippen molar-refractivity contribution in [3.63, 3.8) is 0 Å². The second kappa shape index (κ2) is 6.73. The molecule has 2 N–H and O–H groups in total. The maximum atomic E-state index is 11.6. The zero-order valence-electron chi connectivity index (χ0n) is 10.2. The van der Waals surface area contributed by atoms with Crippen LogP contribution in [-0.2, 0) is 4.79 Å². The molecule has 0 radical (unpaired) electrons. The summed E-state index contributed by atoms with van der Waals surface area (Å²) in [6.07, 6.45) is 5.03. The summed E-state index contributed by atoms with van der Waals surface area (Å²) in [5.41, 5.74) is 0.798. The number of benzene rings is 1. The van der Waals surface area contributed by atoms with Crippen LogP contribution >= 0.6 is 11.6 Å². The van der Waals surface area contributed by atoms with Crippen LogP contribution in [0.1, 0.15) is 5.56 Å². The Morgan fingerprint density at radius 2 is 2.26 bits per heavy atom. The molecule has 0 aliphatic heterocycles. The monoisotopic (exact) mass is 281 g/mol. The second-order valence-electron chi connectivity index (χ2n) is 3.73. The first-order valence-electron chi connectivity index (χ1n) is 5.34. The van der Waals surface area contributed by atoms with Crippen LogP contribution in [-0.4, -0.2) is 23.9 Å². The summed E-state index contributed by atoms with van der Waals surface area (Å²) < 4.78 is 0. The van der Waals surface area contributed by atoms with E-state index in [9.17, 15) is 14.9 Å². The van der Waals surface area contributed by atoms with Gasteiger partial charge in [0.1, 0.15) is 5.02 Å². The topological polar surface area (TPSA) is 84.3 Å². The fraction of sp³-hybridized carbons (Fsp3) is 0.250. The number of hydrogen-bond acceptors (Lipinski definition) is 4. The third-order valence-corrected chi connectivity index (χ3v) is 2.58. The molecule has 1 aromatic rings. The standard InChI is InChI=1S/C12H12ClN3O3/c1-3-4-14-7-12(17)15-10-6-9(13)11(16(18)19)5-8(10)2/h1,5-6,14H,4,7H2,2H3,(H,15,17). The molecule has 1 rings (SSSR count). The van der Waals surface area contributed by atoms with E-state index in [1.165, 1.54) is 12.1 Å². The molecule has 0 spiro atoms. The predicted molar refractivity (Wildman–Crippen MR) is 73.2 cm³/mol. The fourth-order valence-electron chi connectivity index (χ4n) is 1.38. The second-order valence-corrected chi connectivity index (χ2v) is 4.14. The van der Waals surface area contributed by atoms with Crippen molar-refractivity contribution in [1.82, 2.24) is 5.32 Å². The van der Waals surface area contributed by atoms with Crippen LogP contribution in [0, 0.1) is 29.4 Å². The Hall–Kier alpha value is -2.10. The number of nitro benzene ring substituents is 1. The molecule has 0 aromatic heterocycles. The molecule has 0 bridgehead atoms. The quantitative estimate of drug-likeness (QED) is 0.372. The van der Waals surface area contributed by atoms with Crippen molar-refractivity contribution >= 4 is 28.9 Å². The molecule has 19 heavy (non-hydrogen) atoms. The van der Waals surface area contributed by atoms with Crippen LogP contribution in [0.2, 0.25) is 5.02 Å². The molecule has 0 saturated carbocycles. The maximum Gasteiger partial charge on any atom is 0.288 e. The molecule has 100 valence electrons. The van der Waals surface area contributed by atoms with Crippen molar-refractivity contribution < 1.29 is 9.72 Å². The zero-order valence-corrected chi connectivity index (χ0v) is 11.0. The Kier molecular flexibility index (Phi) is 5.30. The highest BCUT2D eigenvalue weighted by Crippen LogP contribution is 2.30. The SMILES string of the molecule is C#CCNCC(=O)Nc1cc(Cl)c([N+](=O)[O-])cc1C. The largest absolute Gasteiger partial charge is 0.325 e. The van der Waals surface area contributed by atoms with Gasteiger partial charge in [-0.05, 0) is 18.6 Å². The van der Waals surface area contributed by atoms with Crippen LogP contribution in [0.4, 0.5) is 11.4 Å². The molecule has 0 atom stereocenters. The molecule has 0 saturated heterocycles. The number of rotatable bonds is 5. The summed E-state index contributed by atoms with van der Waals surface area (Å²) in [4.78, 5) is 21.7. The number of carbonyl (C=O) groups is 1. The molecule has 0 unspecified atom stereocenters. The van der Waals surface area contributed by atoms with Crippen LogP contribution in [0.15, 0.2) is 12.1 Å². The summed E-state index contributed by atoms with van der Waals surface area (Å²) in [6.45, 7) is 1.99. The van der Waals surface area contributed by atoms with E-state index in [2.05, 4.69) is 16.6 Å². The number of halogens is 1. The van der Waals surface area contributed by atoms with Crippen molar-refractivity contribution in [3.05, 3.63) is 32.8 Å². The number of aryl methyl sites for hydroxylation is 1. The van der Waals surface area contributed by atoms with Gasteiger partial charge in [-0.3, -0.25) is 20.2 Å². The number of anilines is 1. The van der Waals surface area contributed by atoms with E-state index in [0.29, 0.717) is 11.3 Å². The molecule has 0 heterocycles. The number of nitro groups is 1. The van der Waals surface area contributed by atoms with Crippen molar-refractivity contribution in [1.29, 1.82) is 0 Å². The minimum atomic E-state index is -0.574. The van der Waals surface area contributed by atoms with Gasteiger partial charge in [0.15, 0.2) is 0 Å². The molecule has 0 aliphatic carbocycles. The van der Waals surface area contributed by atoms with E-state index >= 15 is 0 Å². The Balaban J connectivity index is 2.80. The van der Waals surface area contributed by atoms with Gasteiger partial charge in [-0.25, -0.2) is 0 Å². The van der Waals surface area contributed by atoms with E-state index in [0.717, 1.165) is 0 Å². The van der Waals surface area contributed by atoms with E-state index in [4.69, 9.17) is 18.0 Å². The lowest BCUT2D eigenvalue weighted by molar-refractivity contribution is -0.384. The summed E-state index contributed by atoms with van der Waals surface area (Å²) in [6, 6.07) is 2.67. The van der Waals surface area contributed by atoms with Gasteiger partial charge in [-0.1, -0.05) is 17.5 Å². The number of nitrogens with zero attached hydrogens (tertiary/aromatic N) is 1. The average Bonchev–Trinajstić information content (AvgIpc) is 2.33. The van der Waals surface area contributed by atoms with Crippen LogP contribution in [0.5, 0.6) is 0 Å². The van der Waals surface area contributed by atoms with Gasteiger partial charge >= 0.3 is 0 Å². The van der Waals surface area contributed by atoms with Crippen molar-refractivity contribution in [3.8, 4) is 12.3 Å². The minimum Gasteiger partial charge on any atom is -0.325 e. The van der Waals surface area contributed by atoms with E-state index in [1.807, 2.05) is 0 Å². The van der Waals surface area contributed by atoms with E-state index in [-0.39, 0.29) is 29.7 Å². The van der Waals surface area contributed by atoms with Gasteiger partial charge in [-0.2, -0.15) is 0 Å². The third-order valence-electron chi connectivity index (χ3n) is 2.28. The number of carbonyl (C=O) groups excluding carboxylic acids is 1. The van der Waals surface area contributed by atoms with Gasteiger partial charge in [-0.15, -0.1) is 6.42 Å². The highest BCUT2D eigenvalue weighted by molar-refractivity contribution is 6.33. The van der Waals surface area contributed by atoms with E-state index in [1.54, 1.807) is 6.92 Å². The molecule has 0 fully saturated rings. The van der Waals surface area contributed by atoms with Gasteiger partial charge in [0.2, 0.25) is 5.91 Å². The van der Waals surface area contributed by atoms with Crippen LogP contribution in [0.3, 0.4) is 0 Å². The molecule has 1 aromatic carbocycles. The van der Waals surface area contributed by atoms with Gasteiger partial charge in [0.05, 0.1) is 18.0 Å². The Bertz CT molecular complexity index is 552. The van der Waals surface area contributed by atoms with Crippen molar-refractivity contribution in [2.45, 2.75) is 6.92 Å². The molecular formula is C12H12ClN3O3. The molecule has 7 heteroatoms. The normalized spacial score (nSPS) is 9.74. The van der Waals surface area contributed by atoms with Crippen LogP contribution in [0.25, 0.3) is 0 Å². The first-order chi connectivity index (χ1) is 8.95. The lowest BCUT2D eigenvalue weighted by atomic mass is 10.1. The highest BCUT2D eigenvalue weighted by Gasteiger charge is 2.15. The molecule has 6 nitrogen and oxygen atoms in total. The summed E-state index contributed by atoms with van der Waals surface area (Å²) in [5, 5.41) is 16.0. The zero-order chi connectivity index (χ0) is 14.4. The summed E-state index contributed by atoms with van der Waals surface area (Å²) in [5.74, 6) is 2.04. The lowest BCUT2D eigenvalue weighted by Crippen LogP contribution is -2.28. The number of hydrogen-bond donors (Lipinski definition) is 2. The number of nitrogens with one attached hydrogen (secondary N) is 2. The minimum absolute atomic E-state index is 0.0255. The molecule has 1 amide bonds. The maximum absolute atomic E-state index is 11.6. The predicted octanol–water partition coefficient (Wildman–Crippen LogP) is 1.72. The summed E-state index contributed by atoms with van der Waals surface area (Å²) >= 11 is 5.77. The Morgan fingerprint density at radius 3 is 2.84 bits per heavy atom. The average molecular weight is 282 g/mol. The van der Waals surface area contributed by atoms with Crippen molar-refractivity contribution in [2.75, 3.05) is 18.4 Å². The first kappa shape index (κ1) is 15.0. The van der Waals surface area contributed by atoms with Crippen LogP contribution < -0.4 is 10.6 Å². The summed E-state index contributed by atoms with van der Waals surface area (Å²) in [7, 11) is 0. The lowest BCUT2D eigenvalue weighted by Gasteiger charge is -2.09. The fourth-order valence-corrected chi connectivity index (χ4v) is 1.62. The Labute approximate surface area is 115 Å². The number of amides is 1. The third kappa shape index (κ3) is 4.25. The smallest absolute Gasteiger partial charge is 0.288 e. The Morgan fingerprint density at radius 1 is 1.58 bits per heavy atom. The first-order valence-corrected chi connectivity index (χ1v) is 5.72. The van der Waals surface area contributed by atoms with Gasteiger partial charge < -0.3 is 5.32 Å². The van der Waals surface area contributed by atoms with Crippen molar-refractivity contribution in [2.24, 2.45) is 0 Å². The molecule has 0 aliphatic rings. The highest BCUT2D eigenvalue weighted by atomic mass is 35.5.